The summed E-state index contributed by atoms with van der Waals surface area (Å²) in [5.74, 6) is 0.691. The number of rotatable bonds is 3. The fourth-order valence-corrected chi connectivity index (χ4v) is 4.16. The van der Waals surface area contributed by atoms with E-state index in [1.165, 1.54) is 11.1 Å². The highest BCUT2D eigenvalue weighted by molar-refractivity contribution is 5.95. The summed E-state index contributed by atoms with van der Waals surface area (Å²) in [5, 5.41) is 3.16. The Hall–Kier alpha value is -3.02. The molecule has 3 amide bonds. The monoisotopic (exact) mass is 393 g/mol. The number of nitrogens with zero attached hydrogens (tertiary/aromatic N) is 2. The Bertz CT molecular complexity index is 919. The number of carbonyl (C=O) groups excluding carboxylic acids is 2. The highest BCUT2D eigenvalue weighted by Crippen LogP contribution is 2.29. The molecule has 0 unspecified atom stereocenters. The minimum absolute atomic E-state index is 0.0116. The molecular weight excluding hydrogens is 366 g/mol. The van der Waals surface area contributed by atoms with E-state index in [-0.39, 0.29) is 18.0 Å². The number of anilines is 1. The van der Waals surface area contributed by atoms with Gasteiger partial charge >= 0.3 is 6.03 Å². The molecule has 0 aliphatic carbocycles. The summed E-state index contributed by atoms with van der Waals surface area (Å²) in [6.45, 7) is 4.06. The molecule has 0 radical (unpaired) electrons. The molecule has 6 nitrogen and oxygen atoms in total. The molecular formula is C23H27N3O3. The van der Waals surface area contributed by atoms with Gasteiger partial charge in [-0.3, -0.25) is 9.69 Å². The van der Waals surface area contributed by atoms with Crippen LogP contribution in [0.2, 0.25) is 0 Å². The van der Waals surface area contributed by atoms with Gasteiger partial charge in [-0.25, -0.2) is 4.79 Å². The lowest BCUT2D eigenvalue weighted by molar-refractivity contribution is 0.0708. The van der Waals surface area contributed by atoms with Crippen LogP contribution >= 0.6 is 0 Å². The number of amides is 3. The van der Waals surface area contributed by atoms with E-state index in [4.69, 9.17) is 4.74 Å². The van der Waals surface area contributed by atoms with Gasteiger partial charge in [-0.05, 0) is 56.0 Å². The maximum Gasteiger partial charge on any atom is 0.322 e. The smallest absolute Gasteiger partial charge is 0.322 e. The van der Waals surface area contributed by atoms with Crippen molar-refractivity contribution >= 4 is 17.6 Å². The number of hydrogen-bond acceptors (Lipinski definition) is 3. The second-order valence-corrected chi connectivity index (χ2v) is 7.78. The summed E-state index contributed by atoms with van der Waals surface area (Å²) in [5.41, 5.74) is 4.10. The summed E-state index contributed by atoms with van der Waals surface area (Å²) in [6.07, 6.45) is 2.42. The van der Waals surface area contributed by atoms with E-state index in [0.29, 0.717) is 24.4 Å². The molecule has 0 atom stereocenters. The van der Waals surface area contributed by atoms with Crippen molar-refractivity contribution in [3.8, 4) is 5.75 Å². The molecule has 0 saturated carbocycles. The van der Waals surface area contributed by atoms with Crippen molar-refractivity contribution in [2.24, 2.45) is 0 Å². The number of methoxy groups -OCH3 is 1. The van der Waals surface area contributed by atoms with Crippen LogP contribution in [0.4, 0.5) is 10.5 Å². The maximum atomic E-state index is 12.8. The van der Waals surface area contributed by atoms with E-state index in [2.05, 4.69) is 18.3 Å². The van der Waals surface area contributed by atoms with E-state index in [0.717, 1.165) is 31.5 Å². The molecule has 2 aromatic carbocycles. The van der Waals surface area contributed by atoms with Gasteiger partial charge in [0.05, 0.1) is 7.11 Å². The molecule has 6 heteroatoms. The second-order valence-electron chi connectivity index (χ2n) is 7.78. The first-order chi connectivity index (χ1) is 14.0. The molecule has 29 heavy (non-hydrogen) atoms. The molecule has 4 rings (SSSR count). The highest BCUT2D eigenvalue weighted by atomic mass is 16.5. The molecule has 0 spiro atoms. The van der Waals surface area contributed by atoms with Crippen LogP contribution in [0.1, 0.15) is 34.3 Å². The minimum atomic E-state index is -0.0369. The number of aryl methyl sites for hydroxylation is 1. The van der Waals surface area contributed by atoms with Crippen LogP contribution in [0, 0.1) is 6.92 Å². The van der Waals surface area contributed by atoms with Gasteiger partial charge in [-0.15, -0.1) is 0 Å². The molecule has 0 aromatic heterocycles. The number of benzene rings is 2. The summed E-state index contributed by atoms with van der Waals surface area (Å²) in [7, 11) is 1.59. The number of hydrogen-bond donors (Lipinski definition) is 1. The first-order valence-electron chi connectivity index (χ1n) is 10.2. The molecule has 2 aliphatic rings. The van der Waals surface area contributed by atoms with Crippen LogP contribution in [-0.2, 0) is 6.42 Å². The van der Waals surface area contributed by atoms with Crippen LogP contribution in [0.15, 0.2) is 42.5 Å². The van der Waals surface area contributed by atoms with Crippen LogP contribution < -0.4 is 15.0 Å². The number of urea groups is 1. The predicted molar refractivity (Wildman–Crippen MR) is 113 cm³/mol. The zero-order chi connectivity index (χ0) is 20.4. The predicted octanol–water partition coefficient (Wildman–Crippen LogP) is 3.38. The van der Waals surface area contributed by atoms with Gasteiger partial charge in [0.25, 0.3) is 5.91 Å². The minimum Gasteiger partial charge on any atom is -0.497 e. The lowest BCUT2D eigenvalue weighted by Gasteiger charge is -2.33. The fraction of sp³-hybridized carbons (Fsp3) is 0.391. The average molecular weight is 393 g/mol. The Morgan fingerprint density at radius 1 is 1.07 bits per heavy atom. The van der Waals surface area contributed by atoms with Crippen molar-refractivity contribution in [3.05, 3.63) is 59.2 Å². The van der Waals surface area contributed by atoms with Gasteiger partial charge in [0.2, 0.25) is 0 Å². The van der Waals surface area contributed by atoms with Crippen molar-refractivity contribution < 1.29 is 14.3 Å². The van der Waals surface area contributed by atoms with Crippen molar-refractivity contribution in [2.45, 2.75) is 32.2 Å². The third-order valence-electron chi connectivity index (χ3n) is 5.80. The van der Waals surface area contributed by atoms with E-state index < -0.39 is 0 Å². The van der Waals surface area contributed by atoms with Gasteiger partial charge < -0.3 is 15.0 Å². The third kappa shape index (κ3) is 4.06. The molecule has 2 aliphatic heterocycles. The first-order valence-corrected chi connectivity index (χ1v) is 10.2. The standard InChI is InChI=1S/C23H27N3O3/c1-16-6-7-21-17(14-16)8-13-26(21)23(28)24-19-9-11-25(12-10-19)22(27)18-4-3-5-20(15-18)29-2/h3-7,14-15,19H,8-13H2,1-2H3,(H,24,28). The molecule has 1 N–H and O–H groups in total. The van der Waals surface area contributed by atoms with Gasteiger partial charge in [-0.2, -0.15) is 0 Å². The van der Waals surface area contributed by atoms with Gasteiger partial charge in [-0.1, -0.05) is 23.8 Å². The van der Waals surface area contributed by atoms with Crippen molar-refractivity contribution in [1.29, 1.82) is 0 Å². The SMILES string of the molecule is COc1cccc(C(=O)N2CCC(NC(=O)N3CCc4cc(C)ccc43)CC2)c1. The Morgan fingerprint density at radius 3 is 2.62 bits per heavy atom. The molecule has 152 valence electrons. The molecule has 0 bridgehead atoms. The maximum absolute atomic E-state index is 12.8. The largest absolute Gasteiger partial charge is 0.497 e. The van der Waals surface area contributed by atoms with E-state index in [1.807, 2.05) is 40.1 Å². The van der Waals surface area contributed by atoms with Gasteiger partial charge in [0.1, 0.15) is 5.75 Å². The number of likely N-dealkylation sites (tertiary alicyclic amines) is 1. The van der Waals surface area contributed by atoms with E-state index >= 15 is 0 Å². The second kappa shape index (κ2) is 8.15. The number of nitrogens with one attached hydrogen (secondary N) is 1. The zero-order valence-corrected chi connectivity index (χ0v) is 17.0. The quantitative estimate of drug-likeness (QED) is 0.870. The number of fused-ring (bicyclic) bond motifs is 1. The van der Waals surface area contributed by atoms with Crippen LogP contribution in [0.25, 0.3) is 0 Å². The lowest BCUT2D eigenvalue weighted by atomic mass is 10.0. The summed E-state index contributed by atoms with van der Waals surface area (Å²) >= 11 is 0. The van der Waals surface area contributed by atoms with Gasteiger partial charge in [0.15, 0.2) is 0 Å². The average Bonchev–Trinajstić information content (AvgIpc) is 3.17. The zero-order valence-electron chi connectivity index (χ0n) is 17.0. The Labute approximate surface area is 171 Å². The number of piperidine rings is 1. The molecule has 1 fully saturated rings. The lowest BCUT2D eigenvalue weighted by Crippen LogP contribution is -2.50. The van der Waals surface area contributed by atoms with E-state index in [9.17, 15) is 9.59 Å². The fourth-order valence-electron chi connectivity index (χ4n) is 4.16. The highest BCUT2D eigenvalue weighted by Gasteiger charge is 2.29. The third-order valence-corrected chi connectivity index (χ3v) is 5.80. The van der Waals surface area contributed by atoms with Crippen molar-refractivity contribution in [2.75, 3.05) is 31.6 Å². The van der Waals surface area contributed by atoms with Gasteiger partial charge in [0, 0.05) is 36.9 Å². The Morgan fingerprint density at radius 2 is 1.86 bits per heavy atom. The van der Waals surface area contributed by atoms with E-state index in [1.54, 1.807) is 13.2 Å². The number of carbonyl (C=O) groups is 2. The van der Waals surface area contributed by atoms with Crippen molar-refractivity contribution in [3.63, 3.8) is 0 Å². The molecule has 1 saturated heterocycles. The summed E-state index contributed by atoms with van der Waals surface area (Å²) in [4.78, 5) is 29.2. The Balaban J connectivity index is 1.32. The topological polar surface area (TPSA) is 61.9 Å². The Kier molecular flexibility index (Phi) is 5.43. The summed E-state index contributed by atoms with van der Waals surface area (Å²) < 4.78 is 5.21. The summed E-state index contributed by atoms with van der Waals surface area (Å²) in [6, 6.07) is 13.5. The van der Waals surface area contributed by atoms with Crippen molar-refractivity contribution in [1.82, 2.24) is 10.2 Å². The first kappa shape index (κ1) is 19.3. The van der Waals surface area contributed by atoms with Crippen LogP contribution in [0.3, 0.4) is 0 Å². The molecule has 2 aromatic rings. The molecule has 2 heterocycles. The number of ether oxygens (including phenoxy) is 1. The van der Waals surface area contributed by atoms with Crippen LogP contribution in [0.5, 0.6) is 5.75 Å². The normalized spacial score (nSPS) is 16.5. The van der Waals surface area contributed by atoms with Crippen LogP contribution in [-0.4, -0.2) is 49.6 Å².